The number of carbonyl (C=O) groups is 2. The molecule has 0 aliphatic carbocycles. The summed E-state index contributed by atoms with van der Waals surface area (Å²) >= 11 is 0. The normalized spacial score (nSPS) is 11.8. The van der Waals surface area contributed by atoms with Gasteiger partial charge in [0.1, 0.15) is 6.04 Å². The lowest BCUT2D eigenvalue weighted by molar-refractivity contribution is -0.126. The number of hydrogen-bond acceptors (Lipinski definition) is 3. The molecule has 0 aromatic heterocycles. The van der Waals surface area contributed by atoms with Crippen LogP contribution in [0.2, 0.25) is 0 Å². The third-order valence-corrected chi connectivity index (χ3v) is 3.33. The summed E-state index contributed by atoms with van der Waals surface area (Å²) in [5.74, 6) is -5.67. The minimum atomic E-state index is -1.66. The minimum absolute atomic E-state index is 0.445. The lowest BCUT2D eigenvalue weighted by atomic mass is 10.2. The molecule has 1 unspecified atom stereocenters. The van der Waals surface area contributed by atoms with E-state index >= 15 is 0 Å². The predicted molar refractivity (Wildman–Crippen MR) is 91.2 cm³/mol. The predicted octanol–water partition coefficient (Wildman–Crippen LogP) is 2.77. The molecule has 3 N–H and O–H groups in total. The van der Waals surface area contributed by atoms with Crippen molar-refractivity contribution in [2.75, 3.05) is 5.43 Å². The maximum atomic E-state index is 13.5. The van der Waals surface area contributed by atoms with Crippen LogP contribution in [0.1, 0.15) is 12.5 Å². The molecular weight excluding hydrogens is 347 g/mol. The van der Waals surface area contributed by atoms with Crippen LogP contribution in [0, 0.1) is 17.5 Å². The first-order valence-electron chi connectivity index (χ1n) is 7.61. The average molecular weight is 363 g/mol. The monoisotopic (exact) mass is 363 g/mol. The Bertz CT molecular complexity index is 826. The Hall–Kier alpha value is -3.29. The second-order valence-corrected chi connectivity index (χ2v) is 5.31. The summed E-state index contributed by atoms with van der Waals surface area (Å²) in [5.41, 5.74) is 4.62. The van der Waals surface area contributed by atoms with Crippen molar-refractivity contribution >= 4 is 23.6 Å². The van der Waals surface area contributed by atoms with Crippen molar-refractivity contribution in [3.8, 4) is 0 Å². The van der Waals surface area contributed by atoms with E-state index in [2.05, 4.69) is 16.2 Å². The Labute approximate surface area is 147 Å². The first-order valence-corrected chi connectivity index (χ1v) is 7.61. The molecule has 0 fully saturated rings. The molecule has 2 aromatic rings. The Kier molecular flexibility index (Phi) is 6.37. The Morgan fingerprint density at radius 3 is 2.38 bits per heavy atom. The standard InChI is InChI=1S/C18H16F3N3O2/c1-11(22-15(25)10-7-12-5-3-2-4-6-12)18(26)24-23-14-9-8-13(19)16(20)17(14)21/h2-11,23H,1H3,(H,22,25)(H,24,26)/b10-7+. The number of anilines is 1. The van der Waals surface area contributed by atoms with E-state index in [1.165, 1.54) is 13.0 Å². The first kappa shape index (κ1) is 19.0. The van der Waals surface area contributed by atoms with Crippen molar-refractivity contribution in [2.24, 2.45) is 0 Å². The summed E-state index contributed by atoms with van der Waals surface area (Å²) in [6.07, 6.45) is 2.84. The van der Waals surface area contributed by atoms with Gasteiger partial charge in [-0.25, -0.2) is 13.2 Å². The molecule has 5 nitrogen and oxygen atoms in total. The topological polar surface area (TPSA) is 70.2 Å². The highest BCUT2D eigenvalue weighted by Crippen LogP contribution is 2.18. The quantitative estimate of drug-likeness (QED) is 0.420. The fraction of sp³-hybridized carbons (Fsp3) is 0.111. The molecule has 136 valence electrons. The maximum Gasteiger partial charge on any atom is 0.260 e. The van der Waals surface area contributed by atoms with Crippen molar-refractivity contribution in [3.63, 3.8) is 0 Å². The van der Waals surface area contributed by atoms with Gasteiger partial charge in [-0.15, -0.1) is 0 Å². The molecule has 2 amide bonds. The molecule has 0 saturated carbocycles. The fourth-order valence-corrected chi connectivity index (χ4v) is 1.92. The number of halogens is 3. The maximum absolute atomic E-state index is 13.5. The number of carbonyl (C=O) groups excluding carboxylic acids is 2. The second kappa shape index (κ2) is 8.70. The van der Waals surface area contributed by atoms with Crippen molar-refractivity contribution in [3.05, 3.63) is 71.6 Å². The lowest BCUT2D eigenvalue weighted by Crippen LogP contribution is -2.46. The molecule has 0 radical (unpaired) electrons. The summed E-state index contributed by atoms with van der Waals surface area (Å²) in [7, 11) is 0. The highest BCUT2D eigenvalue weighted by atomic mass is 19.2. The van der Waals surface area contributed by atoms with Crippen LogP contribution < -0.4 is 16.2 Å². The van der Waals surface area contributed by atoms with Gasteiger partial charge < -0.3 is 5.32 Å². The molecule has 1 atom stereocenters. The van der Waals surface area contributed by atoms with Crippen LogP contribution >= 0.6 is 0 Å². The fourth-order valence-electron chi connectivity index (χ4n) is 1.92. The van der Waals surface area contributed by atoms with E-state index in [-0.39, 0.29) is 0 Å². The van der Waals surface area contributed by atoms with E-state index in [0.717, 1.165) is 11.6 Å². The number of rotatable bonds is 6. The van der Waals surface area contributed by atoms with Gasteiger partial charge in [0.05, 0.1) is 5.69 Å². The highest BCUT2D eigenvalue weighted by molar-refractivity contribution is 5.95. The number of nitrogens with one attached hydrogen (secondary N) is 3. The van der Waals surface area contributed by atoms with E-state index in [1.54, 1.807) is 18.2 Å². The number of hydrogen-bond donors (Lipinski definition) is 3. The van der Waals surface area contributed by atoms with Crippen molar-refractivity contribution < 1.29 is 22.8 Å². The Morgan fingerprint density at radius 2 is 1.69 bits per heavy atom. The van der Waals surface area contributed by atoms with E-state index in [9.17, 15) is 22.8 Å². The molecule has 2 rings (SSSR count). The van der Waals surface area contributed by atoms with Crippen LogP contribution in [-0.4, -0.2) is 17.9 Å². The largest absolute Gasteiger partial charge is 0.341 e. The molecule has 0 aliphatic heterocycles. The third kappa shape index (κ3) is 5.10. The molecular formula is C18H16F3N3O2. The van der Waals surface area contributed by atoms with E-state index in [4.69, 9.17) is 0 Å². The second-order valence-electron chi connectivity index (χ2n) is 5.31. The number of hydrazine groups is 1. The van der Waals surface area contributed by atoms with Crippen molar-refractivity contribution in [1.29, 1.82) is 0 Å². The van der Waals surface area contributed by atoms with Crippen LogP contribution in [0.5, 0.6) is 0 Å². The van der Waals surface area contributed by atoms with Crippen molar-refractivity contribution in [2.45, 2.75) is 13.0 Å². The highest BCUT2D eigenvalue weighted by Gasteiger charge is 2.17. The Balaban J connectivity index is 1.86. The van der Waals surface area contributed by atoms with Crippen molar-refractivity contribution in [1.82, 2.24) is 10.7 Å². The summed E-state index contributed by atoms with van der Waals surface area (Å²) in [4.78, 5) is 23.7. The van der Waals surface area contributed by atoms with Gasteiger partial charge in [-0.05, 0) is 30.7 Å². The zero-order valence-electron chi connectivity index (χ0n) is 13.7. The van der Waals surface area contributed by atoms with Gasteiger partial charge in [0, 0.05) is 6.08 Å². The summed E-state index contributed by atoms with van der Waals surface area (Å²) in [6.45, 7) is 1.41. The first-order chi connectivity index (χ1) is 12.4. The average Bonchev–Trinajstić information content (AvgIpc) is 2.64. The number of benzene rings is 2. The van der Waals surface area contributed by atoms with Crippen LogP contribution in [0.25, 0.3) is 6.08 Å². The molecule has 0 bridgehead atoms. The molecule has 26 heavy (non-hydrogen) atoms. The third-order valence-electron chi connectivity index (χ3n) is 3.33. The Morgan fingerprint density at radius 1 is 1.00 bits per heavy atom. The van der Waals surface area contributed by atoms with E-state index in [1.807, 2.05) is 18.2 Å². The zero-order valence-corrected chi connectivity index (χ0v) is 13.7. The van der Waals surface area contributed by atoms with E-state index < -0.39 is 41.0 Å². The number of amides is 2. The van der Waals surface area contributed by atoms with Gasteiger partial charge in [-0.2, -0.15) is 0 Å². The van der Waals surface area contributed by atoms with Gasteiger partial charge in [0.15, 0.2) is 17.5 Å². The minimum Gasteiger partial charge on any atom is -0.341 e. The van der Waals surface area contributed by atoms with Gasteiger partial charge in [0.25, 0.3) is 5.91 Å². The summed E-state index contributed by atoms with van der Waals surface area (Å²) < 4.78 is 39.4. The molecule has 0 aliphatic rings. The van der Waals surface area contributed by atoms with Gasteiger partial charge in [-0.3, -0.25) is 20.4 Å². The van der Waals surface area contributed by atoms with Crippen LogP contribution in [0.3, 0.4) is 0 Å². The smallest absolute Gasteiger partial charge is 0.260 e. The molecule has 0 heterocycles. The molecule has 8 heteroatoms. The van der Waals surface area contributed by atoms with E-state index in [0.29, 0.717) is 6.07 Å². The van der Waals surface area contributed by atoms with Crippen LogP contribution in [0.4, 0.5) is 18.9 Å². The van der Waals surface area contributed by atoms with Crippen LogP contribution in [0.15, 0.2) is 48.5 Å². The SMILES string of the molecule is CC(NC(=O)/C=C/c1ccccc1)C(=O)NNc1ccc(F)c(F)c1F. The molecule has 2 aromatic carbocycles. The van der Waals surface area contributed by atoms with Gasteiger partial charge in [0.2, 0.25) is 5.91 Å². The summed E-state index contributed by atoms with van der Waals surface area (Å²) in [5, 5.41) is 2.42. The summed E-state index contributed by atoms with van der Waals surface area (Å²) in [6, 6.07) is 9.77. The molecule has 0 spiro atoms. The van der Waals surface area contributed by atoms with Crippen LogP contribution in [-0.2, 0) is 9.59 Å². The zero-order chi connectivity index (χ0) is 19.1. The lowest BCUT2D eigenvalue weighted by Gasteiger charge is -2.15. The van der Waals surface area contributed by atoms with Gasteiger partial charge in [-0.1, -0.05) is 30.3 Å². The van der Waals surface area contributed by atoms with Gasteiger partial charge >= 0.3 is 0 Å². The molecule has 0 saturated heterocycles.